The molecule has 25 heavy (non-hydrogen) atoms. The van der Waals surface area contributed by atoms with Gasteiger partial charge in [0.2, 0.25) is 0 Å². The van der Waals surface area contributed by atoms with E-state index >= 15 is 0 Å². The van der Waals surface area contributed by atoms with Crippen LogP contribution in [0.15, 0.2) is 6.07 Å². The van der Waals surface area contributed by atoms with Crippen LogP contribution in [-0.4, -0.2) is 57.4 Å². The minimum Gasteiger partial charge on any atom is -0.493 e. The summed E-state index contributed by atoms with van der Waals surface area (Å²) in [5, 5.41) is 0. The maximum absolute atomic E-state index is 12.3. The van der Waals surface area contributed by atoms with Crippen molar-refractivity contribution in [1.29, 1.82) is 0 Å². The molecule has 7 heteroatoms. The van der Waals surface area contributed by atoms with Crippen LogP contribution in [0.4, 0.5) is 0 Å². The molecule has 138 valence electrons. The number of nitrogens with zero attached hydrogens (tertiary/aromatic N) is 2. The molecule has 1 saturated heterocycles. The quantitative estimate of drug-likeness (QED) is 0.812. The lowest BCUT2D eigenvalue weighted by Crippen LogP contribution is -2.44. The van der Waals surface area contributed by atoms with Gasteiger partial charge in [0.25, 0.3) is 10.2 Å². The Balaban J connectivity index is 1.50. The van der Waals surface area contributed by atoms with Gasteiger partial charge in [-0.3, -0.25) is 0 Å². The second kappa shape index (κ2) is 6.45. The first-order chi connectivity index (χ1) is 12.0. The molecule has 1 aromatic carbocycles. The summed E-state index contributed by atoms with van der Waals surface area (Å²) in [4.78, 5) is 0. The molecule has 6 nitrogen and oxygen atoms in total. The first-order valence-corrected chi connectivity index (χ1v) is 10.5. The third-order valence-electron chi connectivity index (χ3n) is 5.61. The largest absolute Gasteiger partial charge is 0.493 e. The predicted octanol–water partition coefficient (Wildman–Crippen LogP) is 1.62. The van der Waals surface area contributed by atoms with Crippen LogP contribution in [0.25, 0.3) is 0 Å². The van der Waals surface area contributed by atoms with Gasteiger partial charge in [0, 0.05) is 56.7 Å². The van der Waals surface area contributed by atoms with E-state index < -0.39 is 10.2 Å². The highest BCUT2D eigenvalue weighted by Crippen LogP contribution is 2.42. The fourth-order valence-corrected chi connectivity index (χ4v) is 5.30. The maximum Gasteiger partial charge on any atom is 0.281 e. The Morgan fingerprint density at radius 3 is 2.60 bits per heavy atom. The number of fused-ring (bicyclic) bond motifs is 2. The van der Waals surface area contributed by atoms with Gasteiger partial charge in [-0.2, -0.15) is 17.0 Å². The molecule has 0 aliphatic carbocycles. The first kappa shape index (κ1) is 17.1. The van der Waals surface area contributed by atoms with E-state index in [0.29, 0.717) is 19.0 Å². The van der Waals surface area contributed by atoms with E-state index in [-0.39, 0.29) is 0 Å². The summed E-state index contributed by atoms with van der Waals surface area (Å²) in [5.41, 5.74) is 3.89. The fourth-order valence-electron chi connectivity index (χ4n) is 4.16. The van der Waals surface area contributed by atoms with Crippen molar-refractivity contribution in [2.75, 3.05) is 40.4 Å². The lowest BCUT2D eigenvalue weighted by atomic mass is 9.87. The second-order valence-electron chi connectivity index (χ2n) is 7.35. The van der Waals surface area contributed by atoms with Crippen LogP contribution in [-0.2, 0) is 29.5 Å². The van der Waals surface area contributed by atoms with Gasteiger partial charge in [-0.1, -0.05) is 0 Å². The summed E-state index contributed by atoms with van der Waals surface area (Å²) in [6.45, 7) is 2.70. The van der Waals surface area contributed by atoms with Crippen molar-refractivity contribution < 1.29 is 17.9 Å². The van der Waals surface area contributed by atoms with Crippen LogP contribution < -0.4 is 9.47 Å². The lowest BCUT2D eigenvalue weighted by Gasteiger charge is -2.33. The summed E-state index contributed by atoms with van der Waals surface area (Å²) >= 11 is 0. The van der Waals surface area contributed by atoms with Crippen LogP contribution in [0.5, 0.6) is 11.5 Å². The molecule has 1 aromatic rings. The molecule has 3 aliphatic heterocycles. The molecular formula is C18H26N2O4S. The van der Waals surface area contributed by atoms with Crippen molar-refractivity contribution in [2.24, 2.45) is 5.92 Å². The average molecular weight is 366 g/mol. The zero-order chi connectivity index (χ0) is 17.6. The Hall–Kier alpha value is -1.31. The number of piperidine rings is 1. The van der Waals surface area contributed by atoms with Gasteiger partial charge in [0.1, 0.15) is 11.5 Å². The molecule has 0 unspecified atom stereocenters. The summed E-state index contributed by atoms with van der Waals surface area (Å²) in [5.74, 6) is 2.61. The summed E-state index contributed by atoms with van der Waals surface area (Å²) in [6.07, 6.45) is 4.66. The summed E-state index contributed by atoms with van der Waals surface area (Å²) in [7, 11) is -0.108. The standard InChI is InChI=1S/C18H26N2O4S/c1-19(2)25(21,22)20-7-3-13(4-8-20)11-16-15-6-10-23-17(15)12-14-5-9-24-18(14)16/h12-13H,3-11H2,1-2H3. The lowest BCUT2D eigenvalue weighted by molar-refractivity contribution is 0.259. The first-order valence-electron chi connectivity index (χ1n) is 9.07. The number of hydrogen-bond acceptors (Lipinski definition) is 4. The highest BCUT2D eigenvalue weighted by atomic mass is 32.2. The Morgan fingerprint density at radius 2 is 1.88 bits per heavy atom. The molecule has 0 amide bonds. The molecule has 0 radical (unpaired) electrons. The Bertz CT molecular complexity index is 736. The van der Waals surface area contributed by atoms with Gasteiger partial charge in [-0.15, -0.1) is 0 Å². The molecular weight excluding hydrogens is 340 g/mol. The summed E-state index contributed by atoms with van der Waals surface area (Å²) in [6, 6.07) is 2.15. The van der Waals surface area contributed by atoms with Gasteiger partial charge in [-0.25, -0.2) is 0 Å². The Kier molecular flexibility index (Phi) is 4.42. The van der Waals surface area contributed by atoms with E-state index in [0.717, 1.165) is 56.8 Å². The molecule has 4 rings (SSSR count). The molecule has 3 heterocycles. The highest BCUT2D eigenvalue weighted by Gasteiger charge is 2.32. The molecule has 3 aliphatic rings. The monoisotopic (exact) mass is 366 g/mol. The fraction of sp³-hybridized carbons (Fsp3) is 0.667. The average Bonchev–Trinajstić information content (AvgIpc) is 3.23. The van der Waals surface area contributed by atoms with Crippen molar-refractivity contribution in [2.45, 2.75) is 32.1 Å². The van der Waals surface area contributed by atoms with Crippen LogP contribution >= 0.6 is 0 Å². The SMILES string of the molecule is CN(C)S(=O)(=O)N1CCC(Cc2c3c(cc4c2OCC4)OCC3)CC1. The van der Waals surface area contributed by atoms with Crippen molar-refractivity contribution in [3.8, 4) is 11.5 Å². The zero-order valence-corrected chi connectivity index (χ0v) is 15.8. The van der Waals surface area contributed by atoms with E-state index in [9.17, 15) is 8.42 Å². The van der Waals surface area contributed by atoms with E-state index in [2.05, 4.69) is 6.07 Å². The molecule has 1 fully saturated rings. The smallest absolute Gasteiger partial charge is 0.281 e. The molecule has 0 aromatic heterocycles. The highest BCUT2D eigenvalue weighted by molar-refractivity contribution is 7.86. The normalized spacial score (nSPS) is 21.1. The van der Waals surface area contributed by atoms with Crippen LogP contribution in [0.1, 0.15) is 29.5 Å². The third kappa shape index (κ3) is 3.02. The Labute approximate surface area is 149 Å². The molecule has 0 atom stereocenters. The van der Waals surface area contributed by atoms with Crippen LogP contribution in [0.3, 0.4) is 0 Å². The van der Waals surface area contributed by atoms with Gasteiger partial charge in [0.05, 0.1) is 13.2 Å². The summed E-state index contributed by atoms with van der Waals surface area (Å²) < 4.78 is 39.2. The molecule has 0 bridgehead atoms. The topological polar surface area (TPSA) is 59.1 Å². The van der Waals surface area contributed by atoms with Gasteiger partial charge >= 0.3 is 0 Å². The minimum absolute atomic E-state index is 0.494. The van der Waals surface area contributed by atoms with E-state index in [4.69, 9.17) is 9.47 Å². The van der Waals surface area contributed by atoms with Gasteiger partial charge < -0.3 is 9.47 Å². The zero-order valence-electron chi connectivity index (χ0n) is 15.0. The van der Waals surface area contributed by atoms with Crippen molar-refractivity contribution in [3.63, 3.8) is 0 Å². The van der Waals surface area contributed by atoms with Crippen molar-refractivity contribution in [3.05, 3.63) is 22.8 Å². The van der Waals surface area contributed by atoms with Crippen molar-refractivity contribution in [1.82, 2.24) is 8.61 Å². The van der Waals surface area contributed by atoms with Crippen molar-refractivity contribution >= 4 is 10.2 Å². The Morgan fingerprint density at radius 1 is 1.16 bits per heavy atom. The van der Waals surface area contributed by atoms with E-state index in [1.54, 1.807) is 18.4 Å². The number of ether oxygens (including phenoxy) is 2. The third-order valence-corrected chi connectivity index (χ3v) is 7.55. The maximum atomic E-state index is 12.3. The van der Waals surface area contributed by atoms with Gasteiger partial charge in [0.15, 0.2) is 0 Å². The van der Waals surface area contributed by atoms with E-state index in [1.807, 2.05) is 0 Å². The van der Waals surface area contributed by atoms with Crippen LogP contribution in [0.2, 0.25) is 0 Å². The van der Waals surface area contributed by atoms with Crippen LogP contribution in [0, 0.1) is 5.92 Å². The second-order valence-corrected chi connectivity index (χ2v) is 9.50. The molecule has 0 N–H and O–H groups in total. The minimum atomic E-state index is -3.29. The van der Waals surface area contributed by atoms with E-state index in [1.165, 1.54) is 21.0 Å². The number of benzene rings is 1. The van der Waals surface area contributed by atoms with Gasteiger partial charge in [-0.05, 0) is 31.2 Å². The number of rotatable bonds is 4. The molecule has 0 spiro atoms. The predicted molar refractivity (Wildman–Crippen MR) is 95.4 cm³/mol. The number of hydrogen-bond donors (Lipinski definition) is 0. The molecule has 0 saturated carbocycles.